The second kappa shape index (κ2) is 6.92. The van der Waals surface area contributed by atoms with Crippen LogP contribution in [0.15, 0.2) is 48.7 Å². The monoisotopic (exact) mass is 353 g/mol. The third-order valence-electron chi connectivity index (χ3n) is 4.03. The number of pyridine rings is 1. The van der Waals surface area contributed by atoms with Gasteiger partial charge in [-0.2, -0.15) is 0 Å². The van der Waals surface area contributed by atoms with Crippen LogP contribution in [0.25, 0.3) is 5.52 Å². The first-order chi connectivity index (χ1) is 12.5. The summed E-state index contributed by atoms with van der Waals surface area (Å²) in [6.45, 7) is 3.13. The standard InChI is InChI=1S/C20H16FNO4/c1-3-26-20(25)18-17(21)16(15-6-4-5-11-22(15)18)19(24)14-9-7-13(8-10-14)12(2)23/h4-11H,3H2,1-2H3. The van der Waals surface area contributed by atoms with Crippen LogP contribution < -0.4 is 0 Å². The lowest BCUT2D eigenvalue weighted by Gasteiger charge is -2.02. The van der Waals surface area contributed by atoms with Gasteiger partial charge in [-0.1, -0.05) is 30.3 Å². The van der Waals surface area contributed by atoms with Gasteiger partial charge in [-0.15, -0.1) is 0 Å². The Morgan fingerprint density at radius 3 is 2.31 bits per heavy atom. The molecule has 0 saturated carbocycles. The molecule has 0 bridgehead atoms. The molecule has 132 valence electrons. The van der Waals surface area contributed by atoms with Crippen LogP contribution in [0, 0.1) is 5.82 Å². The second-order valence-electron chi connectivity index (χ2n) is 5.68. The summed E-state index contributed by atoms with van der Waals surface area (Å²) in [6, 6.07) is 10.8. The Morgan fingerprint density at radius 2 is 1.69 bits per heavy atom. The smallest absolute Gasteiger partial charge is 0.358 e. The molecule has 26 heavy (non-hydrogen) atoms. The maximum absolute atomic E-state index is 15.0. The fraction of sp³-hybridized carbons (Fsp3) is 0.150. The van der Waals surface area contributed by atoms with E-state index < -0.39 is 17.6 Å². The number of Topliss-reactive ketones (excluding diaryl/α,β-unsaturated/α-hetero) is 1. The molecule has 0 aliphatic rings. The number of esters is 1. The molecule has 0 spiro atoms. The molecular weight excluding hydrogens is 337 g/mol. The number of ketones is 2. The molecule has 1 aromatic carbocycles. The molecular formula is C20H16FNO4. The minimum absolute atomic E-state index is 0.0914. The number of fused-ring (bicyclic) bond motifs is 1. The second-order valence-corrected chi connectivity index (χ2v) is 5.68. The third-order valence-corrected chi connectivity index (χ3v) is 4.03. The molecule has 5 nitrogen and oxygen atoms in total. The first-order valence-electron chi connectivity index (χ1n) is 8.07. The summed E-state index contributed by atoms with van der Waals surface area (Å²) in [6.07, 6.45) is 1.50. The lowest BCUT2D eigenvalue weighted by Crippen LogP contribution is -2.10. The number of hydrogen-bond acceptors (Lipinski definition) is 4. The number of carbonyl (C=O) groups excluding carboxylic acids is 3. The van der Waals surface area contributed by atoms with Gasteiger partial charge in [0.25, 0.3) is 0 Å². The van der Waals surface area contributed by atoms with E-state index in [-0.39, 0.29) is 34.7 Å². The van der Waals surface area contributed by atoms with Crippen molar-refractivity contribution in [3.63, 3.8) is 0 Å². The van der Waals surface area contributed by atoms with Crippen molar-refractivity contribution in [2.45, 2.75) is 13.8 Å². The molecule has 0 N–H and O–H groups in total. The first kappa shape index (κ1) is 17.5. The minimum Gasteiger partial charge on any atom is -0.461 e. The van der Waals surface area contributed by atoms with Crippen molar-refractivity contribution in [2.24, 2.45) is 0 Å². The van der Waals surface area contributed by atoms with Gasteiger partial charge in [0.2, 0.25) is 0 Å². The van der Waals surface area contributed by atoms with Crippen molar-refractivity contribution >= 4 is 23.1 Å². The van der Waals surface area contributed by atoms with E-state index in [1.54, 1.807) is 25.1 Å². The first-order valence-corrected chi connectivity index (χ1v) is 8.07. The molecule has 2 heterocycles. The van der Waals surface area contributed by atoms with Gasteiger partial charge < -0.3 is 9.14 Å². The van der Waals surface area contributed by atoms with E-state index in [1.165, 1.54) is 41.8 Å². The highest BCUT2D eigenvalue weighted by molar-refractivity contribution is 6.15. The Labute approximate surface area is 149 Å². The average Bonchev–Trinajstić information content (AvgIpc) is 2.93. The minimum atomic E-state index is -0.921. The molecule has 0 fully saturated rings. The van der Waals surface area contributed by atoms with Crippen LogP contribution in [0.2, 0.25) is 0 Å². The zero-order valence-corrected chi connectivity index (χ0v) is 14.3. The average molecular weight is 353 g/mol. The molecule has 3 rings (SSSR count). The van der Waals surface area contributed by atoms with Crippen LogP contribution in [0.5, 0.6) is 0 Å². The Morgan fingerprint density at radius 1 is 1.04 bits per heavy atom. The van der Waals surface area contributed by atoms with Gasteiger partial charge in [0.05, 0.1) is 17.7 Å². The molecule has 0 unspecified atom stereocenters. The zero-order chi connectivity index (χ0) is 18.8. The predicted molar refractivity (Wildman–Crippen MR) is 93.2 cm³/mol. The maximum Gasteiger partial charge on any atom is 0.358 e. The summed E-state index contributed by atoms with van der Waals surface area (Å²) in [5.74, 6) is -2.46. The Kier molecular flexibility index (Phi) is 4.67. The van der Waals surface area contributed by atoms with Crippen LogP contribution in [0.4, 0.5) is 4.39 Å². The Bertz CT molecular complexity index is 1020. The summed E-state index contributed by atoms with van der Waals surface area (Å²) in [5, 5.41) is 0. The Balaban J connectivity index is 2.15. The fourth-order valence-electron chi connectivity index (χ4n) is 2.78. The number of rotatable bonds is 5. The van der Waals surface area contributed by atoms with Crippen LogP contribution in [-0.2, 0) is 4.74 Å². The highest BCUT2D eigenvalue weighted by atomic mass is 19.1. The molecule has 3 aromatic rings. The van der Waals surface area contributed by atoms with Gasteiger partial charge >= 0.3 is 5.97 Å². The molecule has 0 atom stereocenters. The van der Waals surface area contributed by atoms with Crippen molar-refractivity contribution in [2.75, 3.05) is 6.61 Å². The summed E-state index contributed by atoms with van der Waals surface area (Å²) >= 11 is 0. The number of halogens is 1. The number of aromatic nitrogens is 1. The number of ether oxygens (including phenoxy) is 1. The highest BCUT2D eigenvalue weighted by Gasteiger charge is 2.28. The molecule has 0 radical (unpaired) electrons. The van der Waals surface area contributed by atoms with Crippen molar-refractivity contribution in [3.8, 4) is 0 Å². The van der Waals surface area contributed by atoms with Gasteiger partial charge in [0, 0.05) is 17.3 Å². The van der Waals surface area contributed by atoms with Gasteiger partial charge in [0.15, 0.2) is 23.1 Å². The van der Waals surface area contributed by atoms with E-state index in [4.69, 9.17) is 4.74 Å². The van der Waals surface area contributed by atoms with E-state index in [1.807, 2.05) is 0 Å². The van der Waals surface area contributed by atoms with Gasteiger partial charge in [-0.3, -0.25) is 9.59 Å². The summed E-state index contributed by atoms with van der Waals surface area (Å²) in [5.41, 5.74) is 0.431. The summed E-state index contributed by atoms with van der Waals surface area (Å²) < 4.78 is 21.2. The third kappa shape index (κ3) is 2.90. The lowest BCUT2D eigenvalue weighted by atomic mass is 10.0. The number of benzene rings is 1. The zero-order valence-electron chi connectivity index (χ0n) is 14.3. The maximum atomic E-state index is 15.0. The van der Waals surface area contributed by atoms with E-state index in [0.29, 0.717) is 5.56 Å². The van der Waals surface area contributed by atoms with E-state index in [0.717, 1.165) is 0 Å². The molecule has 2 aromatic heterocycles. The molecule has 6 heteroatoms. The van der Waals surface area contributed by atoms with Crippen LogP contribution >= 0.6 is 0 Å². The topological polar surface area (TPSA) is 64.9 Å². The van der Waals surface area contributed by atoms with Gasteiger partial charge in [-0.25, -0.2) is 9.18 Å². The normalized spacial score (nSPS) is 10.7. The van der Waals surface area contributed by atoms with E-state index in [9.17, 15) is 14.4 Å². The van der Waals surface area contributed by atoms with Crippen LogP contribution in [0.1, 0.15) is 50.6 Å². The fourth-order valence-corrected chi connectivity index (χ4v) is 2.78. The Hall–Kier alpha value is -3.28. The number of carbonyl (C=O) groups is 3. The number of hydrogen-bond donors (Lipinski definition) is 0. The SMILES string of the molecule is CCOC(=O)c1c(F)c(C(=O)c2ccc(C(C)=O)cc2)c2ccccn12. The lowest BCUT2D eigenvalue weighted by molar-refractivity contribution is 0.0512. The van der Waals surface area contributed by atoms with Crippen molar-refractivity contribution in [3.05, 3.63) is 76.9 Å². The van der Waals surface area contributed by atoms with Crippen molar-refractivity contribution in [1.82, 2.24) is 4.40 Å². The van der Waals surface area contributed by atoms with Crippen LogP contribution in [-0.4, -0.2) is 28.5 Å². The van der Waals surface area contributed by atoms with Crippen LogP contribution in [0.3, 0.4) is 0 Å². The van der Waals surface area contributed by atoms with Gasteiger partial charge in [-0.05, 0) is 26.0 Å². The molecule has 0 aliphatic heterocycles. The molecule has 0 amide bonds. The van der Waals surface area contributed by atoms with E-state index in [2.05, 4.69) is 0 Å². The number of nitrogens with zero attached hydrogens (tertiary/aromatic N) is 1. The quantitative estimate of drug-likeness (QED) is 0.518. The van der Waals surface area contributed by atoms with Crippen molar-refractivity contribution < 1.29 is 23.5 Å². The summed E-state index contributed by atoms with van der Waals surface area (Å²) in [4.78, 5) is 36.4. The largest absolute Gasteiger partial charge is 0.461 e. The van der Waals surface area contributed by atoms with E-state index >= 15 is 4.39 Å². The predicted octanol–water partition coefficient (Wildman–Crippen LogP) is 3.69. The summed E-state index contributed by atoms with van der Waals surface area (Å²) in [7, 11) is 0. The molecule has 0 aliphatic carbocycles. The van der Waals surface area contributed by atoms with Crippen molar-refractivity contribution in [1.29, 1.82) is 0 Å². The van der Waals surface area contributed by atoms with Gasteiger partial charge in [0.1, 0.15) is 0 Å². The molecule has 0 saturated heterocycles. The highest BCUT2D eigenvalue weighted by Crippen LogP contribution is 2.26.